The second kappa shape index (κ2) is 7.61. The molecule has 5 heteroatoms. The number of carbonyl (C=O) groups is 1. The number of amides is 1. The Labute approximate surface area is 142 Å². The Morgan fingerprint density at radius 2 is 1.95 bits per heavy atom. The van der Waals surface area contributed by atoms with Crippen LogP contribution in [0.4, 0.5) is 0 Å². The number of halogens is 2. The average Bonchev–Trinajstić information content (AvgIpc) is 3.19. The molecule has 21 heavy (non-hydrogen) atoms. The number of likely N-dealkylation sites (N-methyl/N-ethyl adjacent to an activating group) is 1. The molecule has 1 aromatic rings. The summed E-state index contributed by atoms with van der Waals surface area (Å²) in [6.45, 7) is 3.53. The molecule has 1 atom stereocenters. The summed E-state index contributed by atoms with van der Waals surface area (Å²) in [6, 6.07) is 8.51. The summed E-state index contributed by atoms with van der Waals surface area (Å²) in [5, 5.41) is 3.07. The largest absolute Gasteiger partial charge is 0.345 e. The molecule has 0 radical (unpaired) electrons. The Bertz CT molecular complexity index is 474. The van der Waals surface area contributed by atoms with E-state index in [4.69, 9.17) is 0 Å². The van der Waals surface area contributed by atoms with Gasteiger partial charge in [0.05, 0.1) is 0 Å². The van der Waals surface area contributed by atoms with Crippen molar-refractivity contribution in [2.75, 3.05) is 27.2 Å². The van der Waals surface area contributed by atoms with E-state index >= 15 is 0 Å². The van der Waals surface area contributed by atoms with E-state index in [9.17, 15) is 4.79 Å². The summed E-state index contributed by atoms with van der Waals surface area (Å²) < 4.78 is 1.10. The lowest BCUT2D eigenvalue weighted by atomic mass is 9.95. The first-order valence-electron chi connectivity index (χ1n) is 7.14. The first kappa shape index (κ1) is 18.5. The van der Waals surface area contributed by atoms with Crippen LogP contribution in [0.5, 0.6) is 0 Å². The van der Waals surface area contributed by atoms with Crippen molar-refractivity contribution in [1.82, 2.24) is 10.2 Å². The third-order valence-electron chi connectivity index (χ3n) is 4.16. The lowest BCUT2D eigenvalue weighted by molar-refractivity contribution is -0.133. The van der Waals surface area contributed by atoms with E-state index in [0.29, 0.717) is 0 Å². The zero-order chi connectivity index (χ0) is 14.8. The first-order chi connectivity index (χ1) is 9.48. The molecule has 1 aliphatic carbocycles. The predicted molar refractivity (Wildman–Crippen MR) is 93.0 cm³/mol. The minimum Gasteiger partial charge on any atom is -0.345 e. The van der Waals surface area contributed by atoms with Crippen LogP contribution in [0.25, 0.3) is 0 Å². The van der Waals surface area contributed by atoms with E-state index in [1.165, 1.54) is 18.4 Å². The topological polar surface area (TPSA) is 32.3 Å². The van der Waals surface area contributed by atoms with Crippen LogP contribution < -0.4 is 5.32 Å². The van der Waals surface area contributed by atoms with Gasteiger partial charge in [-0.25, -0.2) is 0 Å². The summed E-state index contributed by atoms with van der Waals surface area (Å²) in [5.41, 5.74) is 1.53. The molecule has 118 valence electrons. The van der Waals surface area contributed by atoms with E-state index in [-0.39, 0.29) is 29.6 Å². The van der Waals surface area contributed by atoms with Crippen LogP contribution in [0.3, 0.4) is 0 Å². The van der Waals surface area contributed by atoms with Crippen LogP contribution in [-0.4, -0.2) is 38.0 Å². The van der Waals surface area contributed by atoms with Crippen LogP contribution in [0, 0.1) is 5.92 Å². The third-order valence-corrected chi connectivity index (χ3v) is 4.69. The molecular formula is C16H24BrClN2O. The van der Waals surface area contributed by atoms with E-state index < -0.39 is 0 Å². The highest BCUT2D eigenvalue weighted by atomic mass is 79.9. The van der Waals surface area contributed by atoms with E-state index in [2.05, 4.69) is 45.5 Å². The van der Waals surface area contributed by atoms with Gasteiger partial charge in [0.25, 0.3) is 0 Å². The number of benzene rings is 1. The zero-order valence-electron chi connectivity index (χ0n) is 12.9. The van der Waals surface area contributed by atoms with Gasteiger partial charge in [0.1, 0.15) is 0 Å². The molecule has 2 rings (SSSR count). The summed E-state index contributed by atoms with van der Waals surface area (Å²) in [7, 11) is 3.81. The maximum absolute atomic E-state index is 12.3. The number of rotatable bonds is 6. The molecule has 1 aromatic carbocycles. The molecule has 0 saturated heterocycles. The SMILES string of the molecule is CNCC(C)C(=O)N(C)CC1(c2ccc(Br)cc2)CC1.Cl. The zero-order valence-corrected chi connectivity index (χ0v) is 15.3. The van der Waals surface area contributed by atoms with Crippen molar-refractivity contribution >= 4 is 34.2 Å². The van der Waals surface area contributed by atoms with E-state index in [1.807, 2.05) is 25.9 Å². The molecular weight excluding hydrogens is 352 g/mol. The van der Waals surface area contributed by atoms with E-state index in [1.54, 1.807) is 0 Å². The second-order valence-corrected chi connectivity index (χ2v) is 6.86. The van der Waals surface area contributed by atoms with Crippen LogP contribution >= 0.6 is 28.3 Å². The molecule has 1 saturated carbocycles. The van der Waals surface area contributed by atoms with Gasteiger partial charge in [-0.3, -0.25) is 4.79 Å². The molecule has 0 aromatic heterocycles. The number of hydrogen-bond donors (Lipinski definition) is 1. The van der Waals surface area contributed by atoms with Crippen molar-refractivity contribution in [2.24, 2.45) is 5.92 Å². The lowest BCUT2D eigenvalue weighted by Crippen LogP contribution is -2.40. The standard InChI is InChI=1S/C16H23BrN2O.ClH/c1-12(10-18-2)15(20)19(3)11-16(8-9-16)13-4-6-14(17)7-5-13;/h4-7,12,18H,8-11H2,1-3H3;1H. The molecule has 3 nitrogen and oxygen atoms in total. The summed E-state index contributed by atoms with van der Waals surface area (Å²) in [4.78, 5) is 14.2. The second-order valence-electron chi connectivity index (χ2n) is 5.94. The van der Waals surface area contributed by atoms with E-state index in [0.717, 1.165) is 17.6 Å². The van der Waals surface area contributed by atoms with Gasteiger partial charge < -0.3 is 10.2 Å². The van der Waals surface area contributed by atoms with Gasteiger partial charge in [-0.1, -0.05) is 35.0 Å². The first-order valence-corrected chi connectivity index (χ1v) is 7.93. The number of carbonyl (C=O) groups excluding carboxylic acids is 1. The molecule has 0 bridgehead atoms. The van der Waals surface area contributed by atoms with Gasteiger partial charge in [0.2, 0.25) is 5.91 Å². The van der Waals surface area contributed by atoms with Gasteiger partial charge in [-0.05, 0) is 37.6 Å². The fourth-order valence-electron chi connectivity index (χ4n) is 2.79. The summed E-state index contributed by atoms with van der Waals surface area (Å²) in [5.74, 6) is 0.258. The Hall–Kier alpha value is -0.580. The maximum atomic E-state index is 12.3. The average molecular weight is 376 g/mol. The smallest absolute Gasteiger partial charge is 0.226 e. The highest BCUT2D eigenvalue weighted by Crippen LogP contribution is 2.48. The minimum atomic E-state index is 0. The summed E-state index contributed by atoms with van der Waals surface area (Å²) in [6.07, 6.45) is 2.35. The number of nitrogens with zero attached hydrogens (tertiary/aromatic N) is 1. The minimum absolute atomic E-state index is 0. The molecule has 1 aliphatic rings. The maximum Gasteiger partial charge on any atom is 0.226 e. The molecule has 0 spiro atoms. The fourth-order valence-corrected chi connectivity index (χ4v) is 3.06. The number of hydrogen-bond acceptors (Lipinski definition) is 2. The van der Waals surface area contributed by atoms with Crippen molar-refractivity contribution in [3.63, 3.8) is 0 Å². The molecule has 1 unspecified atom stereocenters. The van der Waals surface area contributed by atoms with Crippen LogP contribution in [-0.2, 0) is 10.2 Å². The van der Waals surface area contributed by atoms with Gasteiger partial charge in [0.15, 0.2) is 0 Å². The van der Waals surface area contributed by atoms with Crippen molar-refractivity contribution in [3.05, 3.63) is 34.3 Å². The van der Waals surface area contributed by atoms with Crippen molar-refractivity contribution in [1.29, 1.82) is 0 Å². The Kier molecular flexibility index (Phi) is 6.70. The molecule has 1 amide bonds. The highest BCUT2D eigenvalue weighted by molar-refractivity contribution is 9.10. The Morgan fingerprint density at radius 3 is 2.43 bits per heavy atom. The lowest BCUT2D eigenvalue weighted by Gasteiger charge is -2.26. The van der Waals surface area contributed by atoms with Gasteiger partial charge in [0, 0.05) is 35.9 Å². The van der Waals surface area contributed by atoms with Gasteiger partial charge >= 0.3 is 0 Å². The molecule has 0 heterocycles. The number of nitrogens with one attached hydrogen (secondary N) is 1. The van der Waals surface area contributed by atoms with Crippen LogP contribution in [0.15, 0.2) is 28.7 Å². The Morgan fingerprint density at radius 1 is 1.38 bits per heavy atom. The predicted octanol–water partition coefficient (Wildman–Crippen LogP) is 3.22. The van der Waals surface area contributed by atoms with Crippen molar-refractivity contribution < 1.29 is 4.79 Å². The van der Waals surface area contributed by atoms with Crippen LogP contribution in [0.1, 0.15) is 25.3 Å². The monoisotopic (exact) mass is 374 g/mol. The van der Waals surface area contributed by atoms with Gasteiger partial charge in [-0.15, -0.1) is 12.4 Å². The molecule has 0 aliphatic heterocycles. The van der Waals surface area contributed by atoms with Gasteiger partial charge in [-0.2, -0.15) is 0 Å². The summed E-state index contributed by atoms with van der Waals surface area (Å²) >= 11 is 3.47. The highest BCUT2D eigenvalue weighted by Gasteiger charge is 2.45. The van der Waals surface area contributed by atoms with Crippen molar-refractivity contribution in [2.45, 2.75) is 25.2 Å². The normalized spacial score (nSPS) is 16.8. The third kappa shape index (κ3) is 4.44. The molecule has 1 fully saturated rings. The van der Waals surface area contributed by atoms with Crippen molar-refractivity contribution in [3.8, 4) is 0 Å². The molecule has 1 N–H and O–H groups in total. The van der Waals surface area contributed by atoms with Crippen LogP contribution in [0.2, 0.25) is 0 Å². The quantitative estimate of drug-likeness (QED) is 0.828. The fraction of sp³-hybridized carbons (Fsp3) is 0.562. The Balaban J connectivity index is 0.00000220.